The highest BCUT2D eigenvalue weighted by Crippen LogP contribution is 2.64. The SMILES string of the molecule is CCCCCCCCCCc1ccc(C2(C)c3ccccc3-c3c(CCCCCC)c4c(c(CCCCCC)c32)-c2cc3c(cc2C4(C)c2ccc(CCCCCCCCCC)cc2)-c2ccccc2C3)cc1. The summed E-state index contributed by atoms with van der Waals surface area (Å²) in [5, 5.41) is 0. The number of fused-ring (bicyclic) bond motifs is 9. The minimum Gasteiger partial charge on any atom is -0.0654 e. The van der Waals surface area contributed by atoms with E-state index in [0.29, 0.717) is 0 Å². The van der Waals surface area contributed by atoms with E-state index in [-0.39, 0.29) is 10.8 Å². The number of rotatable bonds is 30. The molecule has 9 rings (SSSR count). The van der Waals surface area contributed by atoms with Crippen molar-refractivity contribution in [1.82, 2.24) is 0 Å². The van der Waals surface area contributed by atoms with E-state index in [2.05, 4.69) is 151 Å². The molecule has 0 aliphatic heterocycles. The van der Waals surface area contributed by atoms with Gasteiger partial charge < -0.3 is 0 Å². The summed E-state index contributed by atoms with van der Waals surface area (Å²) in [6.07, 6.45) is 37.6. The lowest BCUT2D eigenvalue weighted by Crippen LogP contribution is -2.27. The molecule has 0 radical (unpaired) electrons. The lowest BCUT2D eigenvalue weighted by atomic mass is 9.67. The largest absolute Gasteiger partial charge is 0.0654 e. The van der Waals surface area contributed by atoms with Gasteiger partial charge in [-0.05, 0) is 184 Å². The van der Waals surface area contributed by atoms with E-state index in [9.17, 15) is 0 Å². The Morgan fingerprint density at radius 1 is 0.329 bits per heavy atom. The maximum atomic E-state index is 2.72. The van der Waals surface area contributed by atoms with Gasteiger partial charge in [-0.15, -0.1) is 0 Å². The Balaban J connectivity index is 1.19. The molecule has 0 heterocycles. The van der Waals surface area contributed by atoms with Crippen molar-refractivity contribution in [3.63, 3.8) is 0 Å². The number of hydrogen-bond acceptors (Lipinski definition) is 0. The molecule has 3 aliphatic rings. The van der Waals surface area contributed by atoms with Crippen molar-refractivity contribution >= 4 is 0 Å². The standard InChI is InChI=1S/C73H94/c1-7-11-15-19-21-23-25-27-35-54-43-47-58(48-44-54)72(5)66-42-34-33-39-61(66)68-62(40-29-17-13-9-3)71-69(63(70(68)72)41-30-18-14-10-4)65-52-57-51-56-37-31-32-38-60(56)64(57)53-67(65)73(71,6)59-49-45-55(46-50-59)36-28-26-24-22-20-16-12-8-2/h31-34,37-39,42-50,52-53H,7-30,35-36,40-41,51H2,1-6H3. The minimum absolute atomic E-state index is 0.264. The lowest BCUT2D eigenvalue weighted by molar-refractivity contribution is 0.575. The minimum atomic E-state index is -0.299. The van der Waals surface area contributed by atoms with Crippen molar-refractivity contribution in [2.24, 2.45) is 0 Å². The Kier molecular flexibility index (Phi) is 18.4. The van der Waals surface area contributed by atoms with Gasteiger partial charge in [0.25, 0.3) is 0 Å². The number of hydrogen-bond donors (Lipinski definition) is 0. The first-order chi connectivity index (χ1) is 35.9. The van der Waals surface area contributed by atoms with Gasteiger partial charge in [0.2, 0.25) is 0 Å². The molecular formula is C73H94. The van der Waals surface area contributed by atoms with Crippen LogP contribution in [0.2, 0.25) is 0 Å². The summed E-state index contributed by atoms with van der Waals surface area (Å²) in [5.41, 5.74) is 27.0. The molecule has 0 amide bonds. The Labute approximate surface area is 445 Å². The molecule has 0 spiro atoms. The van der Waals surface area contributed by atoms with Crippen LogP contribution >= 0.6 is 0 Å². The molecular weight excluding hydrogens is 877 g/mol. The zero-order valence-electron chi connectivity index (χ0n) is 46.9. The monoisotopic (exact) mass is 971 g/mol. The van der Waals surface area contributed by atoms with Crippen LogP contribution in [0.25, 0.3) is 33.4 Å². The summed E-state index contributed by atoms with van der Waals surface area (Å²) in [6, 6.07) is 44.7. The molecule has 0 N–H and O–H groups in total. The van der Waals surface area contributed by atoms with Crippen LogP contribution in [-0.4, -0.2) is 0 Å². The van der Waals surface area contributed by atoms with Crippen LogP contribution in [0.3, 0.4) is 0 Å². The van der Waals surface area contributed by atoms with Gasteiger partial charge in [-0.3, -0.25) is 0 Å². The fourth-order valence-corrected chi connectivity index (χ4v) is 14.3. The number of benzene rings is 6. The van der Waals surface area contributed by atoms with Gasteiger partial charge in [0, 0.05) is 10.8 Å². The molecule has 6 aromatic rings. The van der Waals surface area contributed by atoms with E-state index < -0.39 is 0 Å². The van der Waals surface area contributed by atoms with Crippen LogP contribution in [0.15, 0.2) is 109 Å². The van der Waals surface area contributed by atoms with E-state index in [4.69, 9.17) is 0 Å². The van der Waals surface area contributed by atoms with Gasteiger partial charge in [0.1, 0.15) is 0 Å². The predicted molar refractivity (Wildman–Crippen MR) is 318 cm³/mol. The molecule has 2 unspecified atom stereocenters. The quantitative estimate of drug-likeness (QED) is 0.0394. The Morgan fingerprint density at radius 3 is 1.23 bits per heavy atom. The average Bonchev–Trinajstić information content (AvgIpc) is 4.01. The van der Waals surface area contributed by atoms with Crippen molar-refractivity contribution in [3.8, 4) is 33.4 Å². The second-order valence-corrected chi connectivity index (χ2v) is 23.6. The normalized spacial score (nSPS) is 16.8. The molecule has 2 atom stereocenters. The van der Waals surface area contributed by atoms with Crippen molar-refractivity contribution in [2.45, 2.75) is 239 Å². The highest BCUT2D eigenvalue weighted by atomic mass is 14.5. The summed E-state index contributed by atoms with van der Waals surface area (Å²) in [6.45, 7) is 14.7. The molecule has 73 heavy (non-hydrogen) atoms. The van der Waals surface area contributed by atoms with Gasteiger partial charge in [0.05, 0.1) is 0 Å². The van der Waals surface area contributed by atoms with Gasteiger partial charge >= 0.3 is 0 Å². The second kappa shape index (κ2) is 25.2. The molecule has 0 saturated heterocycles. The van der Waals surface area contributed by atoms with Gasteiger partial charge in [-0.25, -0.2) is 0 Å². The molecule has 0 nitrogen and oxygen atoms in total. The molecule has 0 aromatic heterocycles. The topological polar surface area (TPSA) is 0 Å². The van der Waals surface area contributed by atoms with Crippen LogP contribution < -0.4 is 0 Å². The van der Waals surface area contributed by atoms with Crippen LogP contribution in [0.1, 0.15) is 262 Å². The smallest absolute Gasteiger partial charge is 0.0438 e. The van der Waals surface area contributed by atoms with Crippen LogP contribution in [-0.2, 0) is 42.9 Å². The van der Waals surface area contributed by atoms with Crippen molar-refractivity contribution in [3.05, 3.63) is 176 Å². The molecule has 3 aliphatic carbocycles. The maximum Gasteiger partial charge on any atom is 0.0438 e. The third-order valence-electron chi connectivity index (χ3n) is 18.4. The summed E-state index contributed by atoms with van der Waals surface area (Å²) >= 11 is 0. The highest BCUT2D eigenvalue weighted by Gasteiger charge is 2.51. The van der Waals surface area contributed by atoms with Crippen molar-refractivity contribution < 1.29 is 0 Å². The Bertz CT molecular complexity index is 2730. The Hall–Kier alpha value is -4.68. The van der Waals surface area contributed by atoms with E-state index in [1.54, 1.807) is 33.4 Å². The van der Waals surface area contributed by atoms with Crippen LogP contribution in [0.5, 0.6) is 0 Å². The zero-order valence-corrected chi connectivity index (χ0v) is 46.9. The van der Waals surface area contributed by atoms with Crippen molar-refractivity contribution in [2.75, 3.05) is 0 Å². The van der Waals surface area contributed by atoms with Gasteiger partial charge in [-0.1, -0.05) is 253 Å². The Morgan fingerprint density at radius 2 is 0.726 bits per heavy atom. The summed E-state index contributed by atoms with van der Waals surface area (Å²) < 4.78 is 0. The lowest BCUT2D eigenvalue weighted by Gasteiger charge is -2.35. The second-order valence-electron chi connectivity index (χ2n) is 23.6. The number of unbranched alkanes of at least 4 members (excludes halogenated alkanes) is 20. The molecule has 0 saturated carbocycles. The zero-order chi connectivity index (χ0) is 50.6. The third-order valence-corrected chi connectivity index (χ3v) is 18.4. The summed E-state index contributed by atoms with van der Waals surface area (Å²) in [4.78, 5) is 0. The predicted octanol–water partition coefficient (Wildman–Crippen LogP) is 21.5. The average molecular weight is 972 g/mol. The molecule has 0 fully saturated rings. The maximum absolute atomic E-state index is 2.72. The molecule has 0 bridgehead atoms. The van der Waals surface area contributed by atoms with Gasteiger partial charge in [0.15, 0.2) is 0 Å². The van der Waals surface area contributed by atoms with Crippen molar-refractivity contribution in [1.29, 1.82) is 0 Å². The van der Waals surface area contributed by atoms with E-state index in [0.717, 1.165) is 19.3 Å². The number of aryl methyl sites for hydroxylation is 2. The summed E-state index contributed by atoms with van der Waals surface area (Å²) in [5.74, 6) is 0. The summed E-state index contributed by atoms with van der Waals surface area (Å²) in [7, 11) is 0. The van der Waals surface area contributed by atoms with E-state index in [1.807, 2.05) is 0 Å². The highest BCUT2D eigenvalue weighted by molar-refractivity contribution is 5.98. The third kappa shape index (κ3) is 11.0. The molecule has 386 valence electrons. The first-order valence-corrected chi connectivity index (χ1v) is 30.7. The fourth-order valence-electron chi connectivity index (χ4n) is 14.3. The first kappa shape index (κ1) is 53.2. The fraction of sp³-hybridized carbons (Fsp3) is 0.507. The van der Waals surface area contributed by atoms with Crippen LogP contribution in [0.4, 0.5) is 0 Å². The van der Waals surface area contributed by atoms with E-state index in [1.165, 1.54) is 234 Å². The van der Waals surface area contributed by atoms with Crippen LogP contribution in [0, 0.1) is 0 Å². The first-order valence-electron chi connectivity index (χ1n) is 30.7. The van der Waals surface area contributed by atoms with E-state index >= 15 is 0 Å². The molecule has 6 aromatic carbocycles. The molecule has 0 heteroatoms. The van der Waals surface area contributed by atoms with Gasteiger partial charge in [-0.2, -0.15) is 0 Å².